The fourth-order valence-corrected chi connectivity index (χ4v) is 2.18. The van der Waals surface area contributed by atoms with Crippen LogP contribution in [0.1, 0.15) is 24.7 Å². The normalized spacial score (nSPS) is 16.5. The summed E-state index contributed by atoms with van der Waals surface area (Å²) in [5.74, 6) is 0.804. The molecule has 1 aliphatic heterocycles. The van der Waals surface area contributed by atoms with Crippen molar-refractivity contribution >= 4 is 11.6 Å². The molecule has 0 radical (unpaired) electrons. The molecule has 0 fully saturated rings. The van der Waals surface area contributed by atoms with E-state index in [2.05, 4.69) is 4.98 Å². The zero-order chi connectivity index (χ0) is 11.0. The minimum absolute atomic E-state index is 0.0141. The van der Waals surface area contributed by atoms with Crippen LogP contribution in [-0.2, 0) is 19.4 Å². The van der Waals surface area contributed by atoms with E-state index in [-0.39, 0.29) is 11.6 Å². The fourth-order valence-electron chi connectivity index (χ4n) is 1.92. The zero-order valence-corrected chi connectivity index (χ0v) is 9.42. The van der Waals surface area contributed by atoms with Crippen molar-refractivity contribution in [2.45, 2.75) is 38.8 Å². The van der Waals surface area contributed by atoms with E-state index in [0.29, 0.717) is 17.1 Å². The average Bonchev–Trinajstić information content (AvgIpc) is 2.59. The summed E-state index contributed by atoms with van der Waals surface area (Å²) >= 11 is 5.98. The van der Waals surface area contributed by atoms with E-state index >= 15 is 0 Å². The molecule has 0 bridgehead atoms. The molecule has 82 valence electrons. The van der Waals surface area contributed by atoms with Gasteiger partial charge in [-0.05, 0) is 19.8 Å². The Kier molecular flexibility index (Phi) is 2.80. The Hall–Kier alpha value is -0.870. The molecule has 1 aromatic rings. The lowest BCUT2D eigenvalue weighted by Gasteiger charge is -2.09. The maximum Gasteiger partial charge on any atom is 0.258 e. The van der Waals surface area contributed by atoms with Gasteiger partial charge in [-0.25, -0.2) is 4.98 Å². The summed E-state index contributed by atoms with van der Waals surface area (Å²) in [6, 6.07) is -0.0722. The molecule has 2 heterocycles. The van der Waals surface area contributed by atoms with E-state index < -0.39 is 0 Å². The predicted octanol–water partition coefficient (Wildman–Crippen LogP) is 0.733. The number of nitrogens with zero attached hydrogens (tertiary/aromatic N) is 2. The number of halogens is 1. The van der Waals surface area contributed by atoms with Crippen molar-refractivity contribution in [1.29, 1.82) is 0 Å². The quantitative estimate of drug-likeness (QED) is 0.758. The van der Waals surface area contributed by atoms with E-state index in [4.69, 9.17) is 17.3 Å². The summed E-state index contributed by atoms with van der Waals surface area (Å²) in [5, 5.41) is 0.324. The van der Waals surface area contributed by atoms with E-state index in [1.54, 1.807) is 4.57 Å². The molecule has 0 aromatic carbocycles. The van der Waals surface area contributed by atoms with Crippen LogP contribution in [0.5, 0.6) is 0 Å². The second-order valence-corrected chi connectivity index (χ2v) is 4.40. The number of nitrogens with two attached hydrogens (primary N) is 1. The number of aryl methyl sites for hydroxylation is 1. The van der Waals surface area contributed by atoms with Crippen molar-refractivity contribution in [1.82, 2.24) is 9.55 Å². The van der Waals surface area contributed by atoms with Gasteiger partial charge in [-0.2, -0.15) is 0 Å². The van der Waals surface area contributed by atoms with Crippen LogP contribution in [-0.4, -0.2) is 15.6 Å². The summed E-state index contributed by atoms with van der Waals surface area (Å²) < 4.78 is 1.71. The summed E-state index contributed by atoms with van der Waals surface area (Å²) in [6.45, 7) is 2.61. The van der Waals surface area contributed by atoms with Crippen LogP contribution in [0.15, 0.2) is 4.79 Å². The highest BCUT2D eigenvalue weighted by Crippen LogP contribution is 2.16. The first-order valence-corrected chi connectivity index (χ1v) is 5.51. The molecular formula is C10H14ClN3O. The molecule has 0 saturated heterocycles. The number of fused-ring (bicyclic) bond motifs is 1. The van der Waals surface area contributed by atoms with Gasteiger partial charge in [-0.3, -0.25) is 9.36 Å². The van der Waals surface area contributed by atoms with Gasteiger partial charge in [-0.1, -0.05) is 11.6 Å². The van der Waals surface area contributed by atoms with E-state index in [1.165, 1.54) is 0 Å². The van der Waals surface area contributed by atoms with Gasteiger partial charge in [0.05, 0.1) is 5.56 Å². The highest BCUT2D eigenvalue weighted by molar-refractivity contribution is 6.30. The van der Waals surface area contributed by atoms with Crippen LogP contribution in [0.3, 0.4) is 0 Å². The lowest BCUT2D eigenvalue weighted by atomic mass is 10.1. The SMILES string of the molecule is CC(N)Cc1c(Cl)nc2n(c1=O)CCC2. The fraction of sp³-hybridized carbons (Fsp3) is 0.600. The first-order valence-electron chi connectivity index (χ1n) is 5.13. The minimum Gasteiger partial charge on any atom is -0.328 e. The molecule has 0 saturated carbocycles. The van der Waals surface area contributed by atoms with Crippen LogP contribution in [0.25, 0.3) is 0 Å². The molecule has 2 rings (SSSR count). The topological polar surface area (TPSA) is 60.9 Å². The summed E-state index contributed by atoms with van der Waals surface area (Å²) in [7, 11) is 0. The van der Waals surface area contributed by atoms with Gasteiger partial charge in [0.2, 0.25) is 0 Å². The van der Waals surface area contributed by atoms with Gasteiger partial charge in [0.15, 0.2) is 0 Å². The van der Waals surface area contributed by atoms with E-state index in [1.807, 2.05) is 6.92 Å². The Bertz CT molecular complexity index is 439. The van der Waals surface area contributed by atoms with Crippen molar-refractivity contribution in [3.05, 3.63) is 26.9 Å². The molecule has 1 atom stereocenters. The van der Waals surface area contributed by atoms with Crippen molar-refractivity contribution in [2.75, 3.05) is 0 Å². The number of hydrogen-bond donors (Lipinski definition) is 1. The van der Waals surface area contributed by atoms with Gasteiger partial charge < -0.3 is 5.73 Å². The molecule has 0 spiro atoms. The molecule has 2 N–H and O–H groups in total. The van der Waals surface area contributed by atoms with Gasteiger partial charge in [-0.15, -0.1) is 0 Å². The Morgan fingerprint density at radius 1 is 1.67 bits per heavy atom. The summed E-state index contributed by atoms with van der Waals surface area (Å²) in [5.41, 5.74) is 6.21. The molecule has 0 aliphatic carbocycles. The third-order valence-electron chi connectivity index (χ3n) is 2.60. The first-order chi connectivity index (χ1) is 7.09. The highest BCUT2D eigenvalue weighted by atomic mass is 35.5. The molecule has 15 heavy (non-hydrogen) atoms. The monoisotopic (exact) mass is 227 g/mol. The Morgan fingerprint density at radius 3 is 3.07 bits per heavy atom. The summed E-state index contributed by atoms with van der Waals surface area (Å²) in [4.78, 5) is 16.2. The van der Waals surface area contributed by atoms with Crippen molar-refractivity contribution in [2.24, 2.45) is 5.73 Å². The third-order valence-corrected chi connectivity index (χ3v) is 2.91. The van der Waals surface area contributed by atoms with Crippen LogP contribution in [0.2, 0.25) is 5.15 Å². The second-order valence-electron chi connectivity index (χ2n) is 4.04. The first kappa shape index (κ1) is 10.6. The highest BCUT2D eigenvalue weighted by Gasteiger charge is 2.19. The van der Waals surface area contributed by atoms with Crippen LogP contribution < -0.4 is 11.3 Å². The minimum atomic E-state index is -0.0722. The lowest BCUT2D eigenvalue weighted by Crippen LogP contribution is -2.29. The molecule has 0 amide bonds. The van der Waals surface area contributed by atoms with Crippen LogP contribution in [0, 0.1) is 0 Å². The molecule has 1 aromatic heterocycles. The van der Waals surface area contributed by atoms with E-state index in [9.17, 15) is 4.79 Å². The van der Waals surface area contributed by atoms with Gasteiger partial charge in [0.25, 0.3) is 5.56 Å². The third kappa shape index (κ3) is 1.92. The number of aromatic nitrogens is 2. The molecule has 4 nitrogen and oxygen atoms in total. The van der Waals surface area contributed by atoms with Crippen molar-refractivity contribution in [3.63, 3.8) is 0 Å². The largest absolute Gasteiger partial charge is 0.328 e. The average molecular weight is 228 g/mol. The standard InChI is InChI=1S/C10H14ClN3O/c1-6(12)5-7-9(11)13-8-3-2-4-14(8)10(7)15/h6H,2-5,12H2,1H3. The molecule has 5 heteroatoms. The van der Waals surface area contributed by atoms with Crippen LogP contribution >= 0.6 is 11.6 Å². The van der Waals surface area contributed by atoms with Gasteiger partial charge >= 0.3 is 0 Å². The predicted molar refractivity (Wildman–Crippen MR) is 59.2 cm³/mol. The van der Waals surface area contributed by atoms with Crippen molar-refractivity contribution in [3.8, 4) is 0 Å². The van der Waals surface area contributed by atoms with E-state index in [0.717, 1.165) is 25.2 Å². The number of hydrogen-bond acceptors (Lipinski definition) is 3. The Labute approximate surface area is 93.1 Å². The zero-order valence-electron chi connectivity index (χ0n) is 8.66. The lowest BCUT2D eigenvalue weighted by molar-refractivity contribution is 0.673. The maximum absolute atomic E-state index is 12.0. The molecular weight excluding hydrogens is 214 g/mol. The van der Waals surface area contributed by atoms with Gasteiger partial charge in [0, 0.05) is 19.0 Å². The molecule has 1 unspecified atom stereocenters. The maximum atomic E-state index is 12.0. The summed E-state index contributed by atoms with van der Waals surface area (Å²) in [6.07, 6.45) is 2.30. The Balaban J connectivity index is 2.51. The van der Waals surface area contributed by atoms with Crippen molar-refractivity contribution < 1.29 is 0 Å². The smallest absolute Gasteiger partial charge is 0.258 e. The van der Waals surface area contributed by atoms with Gasteiger partial charge in [0.1, 0.15) is 11.0 Å². The number of rotatable bonds is 2. The van der Waals surface area contributed by atoms with Crippen LogP contribution in [0.4, 0.5) is 0 Å². The second kappa shape index (κ2) is 3.94. The Morgan fingerprint density at radius 2 is 2.40 bits per heavy atom. The molecule has 1 aliphatic rings.